The highest BCUT2D eigenvalue weighted by Crippen LogP contribution is 2.40. The number of furan rings is 1. The van der Waals surface area contributed by atoms with Crippen molar-refractivity contribution in [3.63, 3.8) is 0 Å². The minimum absolute atomic E-state index is 0.184. The number of hydrogen-bond acceptors (Lipinski definition) is 3. The summed E-state index contributed by atoms with van der Waals surface area (Å²) < 4.78 is 34.5. The predicted octanol–water partition coefficient (Wildman–Crippen LogP) is 5.86. The van der Waals surface area contributed by atoms with Crippen LogP contribution in [0.15, 0.2) is 82.1 Å². The van der Waals surface area contributed by atoms with Crippen LogP contribution in [0, 0.1) is 6.92 Å². The van der Waals surface area contributed by atoms with E-state index in [9.17, 15) is 8.42 Å². The molecule has 136 valence electrons. The fraction of sp³-hybridized carbons (Fsp3) is 0.0476. The number of sulfonamides is 1. The van der Waals surface area contributed by atoms with E-state index in [-0.39, 0.29) is 4.90 Å². The number of rotatable bonds is 4. The molecular weight excluding hydrogens is 382 g/mol. The molecule has 0 aliphatic carbocycles. The third kappa shape index (κ3) is 3.44. The Labute approximate surface area is 162 Å². The number of aryl methyl sites for hydroxylation is 1. The van der Waals surface area contributed by atoms with Crippen molar-refractivity contribution in [3.8, 4) is 11.3 Å². The van der Waals surface area contributed by atoms with E-state index < -0.39 is 10.0 Å². The van der Waals surface area contributed by atoms with Gasteiger partial charge in [0.1, 0.15) is 11.3 Å². The van der Waals surface area contributed by atoms with Gasteiger partial charge in [0.15, 0.2) is 5.76 Å². The zero-order valence-electron chi connectivity index (χ0n) is 14.4. The van der Waals surface area contributed by atoms with Crippen molar-refractivity contribution in [3.05, 3.63) is 83.4 Å². The van der Waals surface area contributed by atoms with Gasteiger partial charge in [0.2, 0.25) is 0 Å². The van der Waals surface area contributed by atoms with Crippen LogP contribution in [-0.4, -0.2) is 8.42 Å². The Morgan fingerprint density at radius 3 is 2.33 bits per heavy atom. The number of anilines is 1. The third-order valence-electron chi connectivity index (χ3n) is 4.25. The van der Waals surface area contributed by atoms with Crippen LogP contribution >= 0.6 is 11.6 Å². The van der Waals surface area contributed by atoms with E-state index >= 15 is 0 Å². The third-order valence-corrected chi connectivity index (χ3v) is 5.85. The molecule has 0 amide bonds. The lowest BCUT2D eigenvalue weighted by atomic mass is 10.1. The largest absolute Gasteiger partial charge is 0.454 e. The molecule has 0 aliphatic heterocycles. The van der Waals surface area contributed by atoms with Crippen molar-refractivity contribution in [2.75, 3.05) is 4.72 Å². The highest BCUT2D eigenvalue weighted by Gasteiger charge is 2.22. The van der Waals surface area contributed by atoms with Crippen LogP contribution in [-0.2, 0) is 10.0 Å². The van der Waals surface area contributed by atoms with Gasteiger partial charge in [-0.25, -0.2) is 8.42 Å². The molecule has 27 heavy (non-hydrogen) atoms. The molecule has 3 aromatic carbocycles. The lowest BCUT2D eigenvalue weighted by Crippen LogP contribution is -2.13. The molecular formula is C21H16ClNO3S. The van der Waals surface area contributed by atoms with Crippen molar-refractivity contribution in [1.29, 1.82) is 0 Å². The predicted molar refractivity (Wildman–Crippen MR) is 109 cm³/mol. The lowest BCUT2D eigenvalue weighted by Gasteiger charge is -2.09. The minimum Gasteiger partial charge on any atom is -0.454 e. The first-order valence-electron chi connectivity index (χ1n) is 8.31. The van der Waals surface area contributed by atoms with Crippen molar-refractivity contribution in [2.24, 2.45) is 0 Å². The maximum atomic E-state index is 12.9. The Hall–Kier alpha value is -2.76. The van der Waals surface area contributed by atoms with Crippen LogP contribution in [0.2, 0.25) is 5.02 Å². The molecule has 1 N–H and O–H groups in total. The summed E-state index contributed by atoms with van der Waals surface area (Å²) in [5.74, 6) is 0.448. The molecule has 1 aromatic heterocycles. The Morgan fingerprint density at radius 2 is 1.63 bits per heavy atom. The number of nitrogens with one attached hydrogen (secondary N) is 1. The molecule has 4 aromatic rings. The van der Waals surface area contributed by atoms with E-state index in [1.54, 1.807) is 42.5 Å². The van der Waals surface area contributed by atoms with Gasteiger partial charge in [0.25, 0.3) is 10.0 Å². The molecule has 0 saturated carbocycles. The van der Waals surface area contributed by atoms with Gasteiger partial charge in [-0.05, 0) is 37.3 Å². The highest BCUT2D eigenvalue weighted by molar-refractivity contribution is 7.92. The molecule has 0 spiro atoms. The van der Waals surface area contributed by atoms with Crippen LogP contribution in [0.5, 0.6) is 0 Å². The van der Waals surface area contributed by atoms with Gasteiger partial charge in [-0.3, -0.25) is 4.72 Å². The van der Waals surface area contributed by atoms with Crippen molar-refractivity contribution in [1.82, 2.24) is 0 Å². The van der Waals surface area contributed by atoms with E-state index in [1.165, 1.54) is 0 Å². The Bertz CT molecular complexity index is 1210. The zero-order chi connectivity index (χ0) is 19.0. The van der Waals surface area contributed by atoms with Crippen LogP contribution in [0.4, 0.5) is 5.69 Å². The minimum atomic E-state index is -3.79. The summed E-state index contributed by atoms with van der Waals surface area (Å²) in [4.78, 5) is 0.184. The number of benzene rings is 3. The summed E-state index contributed by atoms with van der Waals surface area (Å²) in [6, 6.07) is 21.2. The van der Waals surface area contributed by atoms with E-state index in [4.69, 9.17) is 16.0 Å². The molecule has 0 fully saturated rings. The fourth-order valence-electron chi connectivity index (χ4n) is 2.87. The quantitative estimate of drug-likeness (QED) is 0.469. The summed E-state index contributed by atoms with van der Waals surface area (Å²) >= 11 is 6.13. The second kappa shape index (κ2) is 6.76. The smallest absolute Gasteiger partial charge is 0.262 e. The Morgan fingerprint density at radius 1 is 0.926 bits per heavy atom. The average molecular weight is 398 g/mol. The zero-order valence-corrected chi connectivity index (χ0v) is 16.0. The molecule has 1 heterocycles. The van der Waals surface area contributed by atoms with Crippen molar-refractivity contribution in [2.45, 2.75) is 11.8 Å². The Kier molecular flexibility index (Phi) is 4.42. The first kappa shape index (κ1) is 17.6. The molecule has 4 nitrogen and oxygen atoms in total. The van der Waals surface area contributed by atoms with Gasteiger partial charge in [-0.1, -0.05) is 59.6 Å². The monoisotopic (exact) mass is 397 g/mol. The average Bonchev–Trinajstić information content (AvgIpc) is 3.00. The molecule has 6 heteroatoms. The molecule has 4 rings (SSSR count). The van der Waals surface area contributed by atoms with Crippen LogP contribution in [0.25, 0.3) is 22.3 Å². The SMILES string of the molecule is Cc1ccc(S(=O)(=O)Nc2c(-c3ccccc3)oc3ccc(Cl)cc23)cc1. The second-order valence-electron chi connectivity index (χ2n) is 6.23. The number of fused-ring (bicyclic) bond motifs is 1. The van der Waals surface area contributed by atoms with Crippen LogP contribution < -0.4 is 4.72 Å². The standard InChI is InChI=1S/C21H16ClNO3S/c1-14-7-10-17(11-8-14)27(24,25)23-20-18-13-16(22)9-12-19(18)26-21(20)15-5-3-2-4-6-15/h2-13,23H,1H3. The number of hydrogen-bond donors (Lipinski definition) is 1. The molecule has 0 aliphatic rings. The molecule has 0 atom stereocenters. The van der Waals surface area contributed by atoms with Gasteiger partial charge in [0, 0.05) is 16.0 Å². The lowest BCUT2D eigenvalue weighted by molar-refractivity contribution is 0.600. The normalized spacial score (nSPS) is 11.6. The van der Waals surface area contributed by atoms with Gasteiger partial charge >= 0.3 is 0 Å². The number of halogens is 1. The highest BCUT2D eigenvalue weighted by atomic mass is 35.5. The first-order chi connectivity index (χ1) is 12.9. The summed E-state index contributed by atoms with van der Waals surface area (Å²) in [6.07, 6.45) is 0. The van der Waals surface area contributed by atoms with Gasteiger partial charge in [-0.2, -0.15) is 0 Å². The van der Waals surface area contributed by atoms with Gasteiger partial charge in [-0.15, -0.1) is 0 Å². The van der Waals surface area contributed by atoms with Gasteiger partial charge in [0.05, 0.1) is 4.90 Å². The maximum absolute atomic E-state index is 12.9. The topological polar surface area (TPSA) is 59.3 Å². The summed E-state index contributed by atoms with van der Waals surface area (Å²) in [6.45, 7) is 1.91. The van der Waals surface area contributed by atoms with Crippen molar-refractivity contribution < 1.29 is 12.8 Å². The fourth-order valence-corrected chi connectivity index (χ4v) is 4.13. The molecule has 0 saturated heterocycles. The van der Waals surface area contributed by atoms with Crippen LogP contribution in [0.3, 0.4) is 0 Å². The van der Waals surface area contributed by atoms with E-state index in [2.05, 4.69) is 4.72 Å². The molecule has 0 radical (unpaired) electrons. The molecule has 0 bridgehead atoms. The van der Waals surface area contributed by atoms with E-state index in [0.29, 0.717) is 27.4 Å². The van der Waals surface area contributed by atoms with Crippen LogP contribution in [0.1, 0.15) is 5.56 Å². The second-order valence-corrected chi connectivity index (χ2v) is 8.35. The summed E-state index contributed by atoms with van der Waals surface area (Å²) in [5, 5.41) is 1.11. The van der Waals surface area contributed by atoms with E-state index in [0.717, 1.165) is 11.1 Å². The summed E-state index contributed by atoms with van der Waals surface area (Å²) in [5.41, 5.74) is 2.69. The first-order valence-corrected chi connectivity index (χ1v) is 10.2. The summed E-state index contributed by atoms with van der Waals surface area (Å²) in [7, 11) is -3.79. The van der Waals surface area contributed by atoms with Crippen molar-refractivity contribution >= 4 is 38.3 Å². The maximum Gasteiger partial charge on any atom is 0.262 e. The Balaban J connectivity index is 1.89. The van der Waals surface area contributed by atoms with E-state index in [1.807, 2.05) is 37.3 Å². The van der Waals surface area contributed by atoms with Gasteiger partial charge < -0.3 is 4.42 Å². The molecule has 0 unspecified atom stereocenters.